The van der Waals surface area contributed by atoms with Crippen LogP contribution in [0.5, 0.6) is 0 Å². The van der Waals surface area contributed by atoms with E-state index in [1.54, 1.807) is 19.9 Å². The number of benzene rings is 1. The zero-order chi connectivity index (χ0) is 13.0. The van der Waals surface area contributed by atoms with Gasteiger partial charge in [0.25, 0.3) is 5.24 Å². The normalized spacial score (nSPS) is 10.2. The van der Waals surface area contributed by atoms with Crippen molar-refractivity contribution >= 4 is 41.1 Å². The van der Waals surface area contributed by atoms with Gasteiger partial charge in [0, 0.05) is 5.69 Å². The van der Waals surface area contributed by atoms with Gasteiger partial charge < -0.3 is 10.1 Å². The van der Waals surface area contributed by atoms with E-state index < -0.39 is 11.2 Å². The molecule has 0 unspecified atom stereocenters. The standard InChI is InChI=1S/C11H12ClNO3S/c1-6(2)16-10(14)8-5-7(13-11(15)17)3-4-9(8)12/h3-6H,1-2H3,(H2,13,15,17). The van der Waals surface area contributed by atoms with Crippen LogP contribution in [0.25, 0.3) is 0 Å². The van der Waals surface area contributed by atoms with Gasteiger partial charge in [-0.15, -0.1) is 0 Å². The average molecular weight is 274 g/mol. The minimum atomic E-state index is -0.528. The van der Waals surface area contributed by atoms with Crippen LogP contribution in [0.4, 0.5) is 10.5 Å². The highest BCUT2D eigenvalue weighted by Crippen LogP contribution is 2.22. The first kappa shape index (κ1) is 13.9. The van der Waals surface area contributed by atoms with Gasteiger partial charge >= 0.3 is 5.97 Å². The third-order valence-electron chi connectivity index (χ3n) is 1.78. The number of halogens is 1. The fraction of sp³-hybridized carbons (Fsp3) is 0.273. The molecule has 0 aliphatic rings. The van der Waals surface area contributed by atoms with Crippen LogP contribution in [-0.4, -0.2) is 17.3 Å². The fourth-order valence-corrected chi connectivity index (χ4v) is 1.48. The van der Waals surface area contributed by atoms with Crippen molar-refractivity contribution in [2.24, 2.45) is 0 Å². The van der Waals surface area contributed by atoms with E-state index in [-0.39, 0.29) is 16.7 Å². The largest absolute Gasteiger partial charge is 0.459 e. The monoisotopic (exact) mass is 273 g/mol. The zero-order valence-corrected chi connectivity index (χ0v) is 11.0. The highest BCUT2D eigenvalue weighted by atomic mass is 35.5. The molecule has 0 saturated carbocycles. The second-order valence-electron chi connectivity index (χ2n) is 3.58. The molecule has 92 valence electrons. The molecule has 0 aliphatic carbocycles. The first-order valence-electron chi connectivity index (χ1n) is 4.90. The molecular formula is C11H12ClNO3S. The predicted octanol–water partition coefficient (Wildman–Crippen LogP) is 3.37. The molecule has 0 aromatic heterocycles. The van der Waals surface area contributed by atoms with E-state index in [0.717, 1.165) is 0 Å². The summed E-state index contributed by atoms with van der Waals surface area (Å²) in [6.07, 6.45) is -0.235. The van der Waals surface area contributed by atoms with E-state index in [1.165, 1.54) is 12.1 Å². The summed E-state index contributed by atoms with van der Waals surface area (Å²) in [5, 5.41) is 2.19. The third-order valence-corrected chi connectivity index (χ3v) is 2.22. The van der Waals surface area contributed by atoms with Crippen LogP contribution >= 0.6 is 24.2 Å². The number of hydrogen-bond acceptors (Lipinski definition) is 3. The molecule has 1 aromatic rings. The number of hydrogen-bond donors (Lipinski definition) is 2. The number of rotatable bonds is 3. The van der Waals surface area contributed by atoms with E-state index in [2.05, 4.69) is 17.9 Å². The number of amides is 1. The lowest BCUT2D eigenvalue weighted by atomic mass is 10.2. The number of nitrogens with one attached hydrogen (secondary N) is 1. The van der Waals surface area contributed by atoms with Crippen LogP contribution in [0.2, 0.25) is 5.02 Å². The smallest absolute Gasteiger partial charge is 0.339 e. The lowest BCUT2D eigenvalue weighted by Crippen LogP contribution is -2.12. The van der Waals surface area contributed by atoms with E-state index in [1.807, 2.05) is 0 Å². The topological polar surface area (TPSA) is 55.4 Å². The van der Waals surface area contributed by atoms with Crippen molar-refractivity contribution in [2.75, 3.05) is 5.32 Å². The zero-order valence-electron chi connectivity index (χ0n) is 9.36. The van der Waals surface area contributed by atoms with Gasteiger partial charge in [0.05, 0.1) is 16.7 Å². The maximum Gasteiger partial charge on any atom is 0.339 e. The lowest BCUT2D eigenvalue weighted by Gasteiger charge is -2.10. The van der Waals surface area contributed by atoms with Crippen molar-refractivity contribution in [3.8, 4) is 0 Å². The van der Waals surface area contributed by atoms with E-state index in [4.69, 9.17) is 16.3 Å². The summed E-state index contributed by atoms with van der Waals surface area (Å²) in [6.45, 7) is 3.48. The number of thiol groups is 1. The van der Waals surface area contributed by atoms with Gasteiger partial charge in [0.15, 0.2) is 0 Å². The number of carbonyl (C=O) groups excluding carboxylic acids is 2. The summed E-state index contributed by atoms with van der Waals surface area (Å²) < 4.78 is 5.02. The van der Waals surface area contributed by atoms with Crippen molar-refractivity contribution in [1.82, 2.24) is 0 Å². The SMILES string of the molecule is CC(C)OC(=O)c1cc(NC(=O)S)ccc1Cl. The summed E-state index contributed by atoms with van der Waals surface area (Å²) in [5.74, 6) is -0.528. The Hall–Kier alpha value is -1.20. The summed E-state index contributed by atoms with van der Waals surface area (Å²) >= 11 is 9.46. The molecule has 0 saturated heterocycles. The molecule has 0 heterocycles. The van der Waals surface area contributed by atoms with Gasteiger partial charge in [-0.05, 0) is 32.0 Å². The maximum atomic E-state index is 11.7. The molecule has 1 N–H and O–H groups in total. The van der Waals surface area contributed by atoms with Crippen molar-refractivity contribution < 1.29 is 14.3 Å². The molecule has 4 nitrogen and oxygen atoms in total. The number of anilines is 1. The van der Waals surface area contributed by atoms with Crippen LogP contribution in [0.1, 0.15) is 24.2 Å². The van der Waals surface area contributed by atoms with Gasteiger partial charge in [0.2, 0.25) is 0 Å². The van der Waals surface area contributed by atoms with Gasteiger partial charge in [-0.1, -0.05) is 24.2 Å². The molecule has 0 spiro atoms. The molecule has 6 heteroatoms. The van der Waals surface area contributed by atoms with Gasteiger partial charge in [-0.2, -0.15) is 0 Å². The van der Waals surface area contributed by atoms with Crippen molar-refractivity contribution in [1.29, 1.82) is 0 Å². The minimum absolute atomic E-state index is 0.208. The Kier molecular flexibility index (Phi) is 4.84. The highest BCUT2D eigenvalue weighted by Gasteiger charge is 2.14. The first-order valence-corrected chi connectivity index (χ1v) is 5.73. The molecule has 0 radical (unpaired) electrons. The molecular weight excluding hydrogens is 262 g/mol. The number of carbonyl (C=O) groups is 2. The van der Waals surface area contributed by atoms with E-state index >= 15 is 0 Å². The summed E-state index contributed by atoms with van der Waals surface area (Å²) in [6, 6.07) is 4.53. The Morgan fingerprint density at radius 2 is 2.06 bits per heavy atom. The minimum Gasteiger partial charge on any atom is -0.459 e. The molecule has 0 aliphatic heterocycles. The summed E-state index contributed by atoms with van der Waals surface area (Å²) in [4.78, 5) is 22.4. The predicted molar refractivity (Wildman–Crippen MR) is 70.0 cm³/mol. The van der Waals surface area contributed by atoms with Crippen LogP contribution in [0, 0.1) is 0 Å². The Morgan fingerprint density at radius 3 is 2.59 bits per heavy atom. The molecule has 1 amide bonds. The van der Waals surface area contributed by atoms with E-state index in [9.17, 15) is 9.59 Å². The molecule has 17 heavy (non-hydrogen) atoms. The van der Waals surface area contributed by atoms with Crippen LogP contribution < -0.4 is 5.32 Å². The lowest BCUT2D eigenvalue weighted by molar-refractivity contribution is 0.0378. The summed E-state index contributed by atoms with van der Waals surface area (Å²) in [5.41, 5.74) is 0.644. The maximum absolute atomic E-state index is 11.7. The quantitative estimate of drug-likeness (QED) is 0.656. The van der Waals surface area contributed by atoms with Crippen LogP contribution in [-0.2, 0) is 4.74 Å². The fourth-order valence-electron chi connectivity index (χ4n) is 1.16. The van der Waals surface area contributed by atoms with Crippen molar-refractivity contribution in [2.45, 2.75) is 20.0 Å². The second-order valence-corrected chi connectivity index (χ2v) is 4.39. The molecule has 1 aromatic carbocycles. The molecule has 1 rings (SSSR count). The summed E-state index contributed by atoms with van der Waals surface area (Å²) in [7, 11) is 0. The molecule has 0 atom stereocenters. The Bertz CT molecular complexity index is 448. The Labute approximate surface area is 110 Å². The third kappa shape index (κ3) is 4.28. The van der Waals surface area contributed by atoms with E-state index in [0.29, 0.717) is 5.69 Å². The Balaban J connectivity index is 2.97. The highest BCUT2D eigenvalue weighted by molar-refractivity contribution is 7.96. The number of ether oxygens (including phenoxy) is 1. The second kappa shape index (κ2) is 5.93. The van der Waals surface area contributed by atoms with Crippen molar-refractivity contribution in [3.05, 3.63) is 28.8 Å². The van der Waals surface area contributed by atoms with Gasteiger partial charge in [0.1, 0.15) is 0 Å². The first-order chi connectivity index (χ1) is 7.90. The van der Waals surface area contributed by atoms with Crippen LogP contribution in [0.15, 0.2) is 18.2 Å². The van der Waals surface area contributed by atoms with Crippen LogP contribution in [0.3, 0.4) is 0 Å². The average Bonchev–Trinajstić information content (AvgIpc) is 2.19. The molecule has 0 bridgehead atoms. The van der Waals surface area contributed by atoms with Gasteiger partial charge in [-0.25, -0.2) is 4.79 Å². The Morgan fingerprint density at radius 1 is 1.41 bits per heavy atom. The number of esters is 1. The van der Waals surface area contributed by atoms with Gasteiger partial charge in [-0.3, -0.25) is 4.79 Å². The molecule has 0 fully saturated rings. The van der Waals surface area contributed by atoms with Crippen molar-refractivity contribution in [3.63, 3.8) is 0 Å².